The lowest BCUT2D eigenvalue weighted by molar-refractivity contribution is 0.559. The van der Waals surface area contributed by atoms with Crippen LogP contribution in [0.1, 0.15) is 66.2 Å². The summed E-state index contributed by atoms with van der Waals surface area (Å²) in [5.41, 5.74) is 0. The third-order valence-electron chi connectivity index (χ3n) is 2.73. The van der Waals surface area contributed by atoms with E-state index >= 15 is 0 Å². The Bertz CT molecular complexity index is 180. The smallest absolute Gasteiger partial charge is 0.00358 e. The Morgan fingerprint density at radius 1 is 0.765 bits per heavy atom. The van der Waals surface area contributed by atoms with Gasteiger partial charge in [-0.1, -0.05) is 52.7 Å². The van der Waals surface area contributed by atoms with Gasteiger partial charge in [-0.15, -0.1) is 0 Å². The number of hydrogen-bond acceptors (Lipinski definition) is 1. The predicted molar refractivity (Wildman–Crippen MR) is 78.8 cm³/mol. The van der Waals surface area contributed by atoms with Crippen molar-refractivity contribution in [3.8, 4) is 0 Å². The molecule has 0 aliphatic rings. The third-order valence-corrected chi connectivity index (χ3v) is 2.73. The van der Waals surface area contributed by atoms with E-state index in [9.17, 15) is 0 Å². The van der Waals surface area contributed by atoms with E-state index in [4.69, 9.17) is 0 Å². The average molecular weight is 237 g/mol. The van der Waals surface area contributed by atoms with Crippen LogP contribution in [0.4, 0.5) is 0 Å². The third kappa shape index (κ3) is 15.3. The van der Waals surface area contributed by atoms with Gasteiger partial charge in [-0.25, -0.2) is 0 Å². The van der Waals surface area contributed by atoms with Gasteiger partial charge in [0.1, 0.15) is 0 Å². The molecule has 0 rings (SSSR count). The van der Waals surface area contributed by atoms with E-state index in [0.717, 1.165) is 11.8 Å². The van der Waals surface area contributed by atoms with Crippen LogP contribution in [0.15, 0.2) is 24.6 Å². The second-order valence-corrected chi connectivity index (χ2v) is 5.62. The van der Waals surface area contributed by atoms with Crippen molar-refractivity contribution in [1.29, 1.82) is 0 Å². The number of rotatable bonds is 10. The maximum absolute atomic E-state index is 3.20. The summed E-state index contributed by atoms with van der Waals surface area (Å²) in [6, 6.07) is 0. The van der Waals surface area contributed by atoms with Gasteiger partial charge in [0.25, 0.3) is 0 Å². The van der Waals surface area contributed by atoms with E-state index in [0.29, 0.717) is 0 Å². The van der Waals surface area contributed by atoms with E-state index < -0.39 is 0 Å². The first-order valence-corrected chi connectivity index (χ1v) is 7.19. The van der Waals surface area contributed by atoms with E-state index in [-0.39, 0.29) is 0 Å². The fraction of sp³-hybridized carbons (Fsp3) is 0.750. The molecular weight excluding hydrogens is 206 g/mol. The average Bonchev–Trinajstić information content (AvgIpc) is 2.25. The molecule has 17 heavy (non-hydrogen) atoms. The van der Waals surface area contributed by atoms with Crippen LogP contribution in [0.25, 0.3) is 0 Å². The van der Waals surface area contributed by atoms with Crippen LogP contribution in [0.3, 0.4) is 0 Å². The topological polar surface area (TPSA) is 12.0 Å². The van der Waals surface area contributed by atoms with Gasteiger partial charge in [-0.2, -0.15) is 0 Å². The predicted octanol–water partition coefficient (Wildman–Crippen LogP) is 5.26. The zero-order valence-corrected chi connectivity index (χ0v) is 12.2. The molecule has 1 N–H and O–H groups in total. The monoisotopic (exact) mass is 237 g/mol. The molecule has 0 unspecified atom stereocenters. The van der Waals surface area contributed by atoms with Crippen molar-refractivity contribution >= 4 is 0 Å². The lowest BCUT2D eigenvalue weighted by Crippen LogP contribution is -1.92. The van der Waals surface area contributed by atoms with Crippen molar-refractivity contribution in [3.05, 3.63) is 24.6 Å². The number of nitrogens with one attached hydrogen (secondary N) is 1. The second kappa shape index (κ2) is 11.8. The fourth-order valence-corrected chi connectivity index (χ4v) is 1.65. The molecule has 0 aliphatic heterocycles. The zero-order valence-electron chi connectivity index (χ0n) is 12.2. The van der Waals surface area contributed by atoms with Crippen LogP contribution in [-0.2, 0) is 0 Å². The van der Waals surface area contributed by atoms with Crippen LogP contribution in [0.2, 0.25) is 0 Å². The normalized spacial score (nSPS) is 12.4. The van der Waals surface area contributed by atoms with Crippen molar-refractivity contribution in [2.75, 3.05) is 0 Å². The van der Waals surface area contributed by atoms with Gasteiger partial charge in [0.15, 0.2) is 0 Å². The first kappa shape index (κ1) is 16.3. The van der Waals surface area contributed by atoms with Crippen molar-refractivity contribution in [3.63, 3.8) is 0 Å². The molecule has 1 nitrogen and oxygen atoms in total. The van der Waals surface area contributed by atoms with Crippen molar-refractivity contribution in [2.24, 2.45) is 11.8 Å². The van der Waals surface area contributed by atoms with Crippen LogP contribution in [0, 0.1) is 11.8 Å². The standard InChI is InChI=1S/C16H31N/c1-15(2)11-7-5-9-13-17-14-10-6-8-12-16(3)4/h9-10,13-17H,5-8,11-12H2,1-4H3. The van der Waals surface area contributed by atoms with Gasteiger partial charge in [0, 0.05) is 0 Å². The summed E-state index contributed by atoms with van der Waals surface area (Å²) in [5.74, 6) is 1.66. The summed E-state index contributed by atoms with van der Waals surface area (Å²) < 4.78 is 0. The minimum Gasteiger partial charge on any atom is -0.368 e. The molecule has 0 aromatic rings. The molecule has 1 heteroatoms. The highest BCUT2D eigenvalue weighted by molar-refractivity contribution is 4.88. The number of hydrogen-bond donors (Lipinski definition) is 1. The SMILES string of the molecule is CC(C)CCCC=CNC=CCCCC(C)C. The van der Waals surface area contributed by atoms with Gasteiger partial charge in [0.2, 0.25) is 0 Å². The Balaban J connectivity index is 3.25. The summed E-state index contributed by atoms with van der Waals surface area (Å²) in [7, 11) is 0. The number of allylic oxidation sites excluding steroid dienone is 2. The highest BCUT2D eigenvalue weighted by Gasteiger charge is 1.91. The molecular formula is C16H31N. The fourth-order valence-electron chi connectivity index (χ4n) is 1.65. The lowest BCUT2D eigenvalue weighted by Gasteiger charge is -2.01. The molecule has 0 amide bonds. The molecule has 0 aromatic heterocycles. The molecule has 0 radical (unpaired) electrons. The van der Waals surface area contributed by atoms with Gasteiger partial charge in [-0.05, 0) is 49.9 Å². The summed E-state index contributed by atoms with van der Waals surface area (Å²) in [5, 5.41) is 3.20. The maximum atomic E-state index is 3.20. The molecule has 0 aliphatic carbocycles. The second-order valence-electron chi connectivity index (χ2n) is 5.62. The van der Waals surface area contributed by atoms with E-state index in [2.05, 4.69) is 57.6 Å². The number of unbranched alkanes of at least 4 members (excludes halogenated alkanes) is 2. The Labute approximate surface area is 108 Å². The van der Waals surface area contributed by atoms with Gasteiger partial charge in [-0.3, -0.25) is 0 Å². The first-order chi connectivity index (χ1) is 8.13. The maximum Gasteiger partial charge on any atom is -0.00358 e. The summed E-state index contributed by atoms with van der Waals surface area (Å²) >= 11 is 0. The summed E-state index contributed by atoms with van der Waals surface area (Å²) in [6.45, 7) is 9.12. The van der Waals surface area contributed by atoms with Gasteiger partial charge >= 0.3 is 0 Å². The minimum absolute atomic E-state index is 0.831. The van der Waals surface area contributed by atoms with E-state index in [1.54, 1.807) is 0 Å². The zero-order chi connectivity index (χ0) is 12.9. The molecule has 0 spiro atoms. The van der Waals surface area contributed by atoms with Crippen molar-refractivity contribution in [2.45, 2.75) is 66.2 Å². The Morgan fingerprint density at radius 2 is 1.18 bits per heavy atom. The highest BCUT2D eigenvalue weighted by atomic mass is 14.8. The lowest BCUT2D eigenvalue weighted by atomic mass is 10.1. The molecule has 0 fully saturated rings. The molecule has 0 saturated carbocycles. The molecule has 0 bridgehead atoms. The van der Waals surface area contributed by atoms with E-state index in [1.807, 2.05) is 0 Å². The summed E-state index contributed by atoms with van der Waals surface area (Å²) in [6.07, 6.45) is 16.2. The van der Waals surface area contributed by atoms with Gasteiger partial charge in [0.05, 0.1) is 0 Å². The Kier molecular flexibility index (Phi) is 11.3. The van der Waals surface area contributed by atoms with E-state index in [1.165, 1.54) is 38.5 Å². The molecule has 0 saturated heterocycles. The molecule has 100 valence electrons. The van der Waals surface area contributed by atoms with Crippen LogP contribution in [0.5, 0.6) is 0 Å². The Hall–Kier alpha value is -0.720. The highest BCUT2D eigenvalue weighted by Crippen LogP contribution is 2.06. The Morgan fingerprint density at radius 3 is 1.53 bits per heavy atom. The summed E-state index contributed by atoms with van der Waals surface area (Å²) in [4.78, 5) is 0. The van der Waals surface area contributed by atoms with Crippen LogP contribution >= 0.6 is 0 Å². The minimum atomic E-state index is 0.831. The molecule has 0 heterocycles. The van der Waals surface area contributed by atoms with Gasteiger partial charge < -0.3 is 5.32 Å². The van der Waals surface area contributed by atoms with Crippen LogP contribution < -0.4 is 5.32 Å². The largest absolute Gasteiger partial charge is 0.368 e. The van der Waals surface area contributed by atoms with Crippen LogP contribution in [-0.4, -0.2) is 0 Å². The van der Waals surface area contributed by atoms with Crippen molar-refractivity contribution in [1.82, 2.24) is 5.32 Å². The molecule has 0 atom stereocenters. The molecule has 0 aromatic carbocycles. The van der Waals surface area contributed by atoms with Crippen molar-refractivity contribution < 1.29 is 0 Å². The quantitative estimate of drug-likeness (QED) is 0.511. The first-order valence-electron chi connectivity index (χ1n) is 7.19.